The second-order valence-corrected chi connectivity index (χ2v) is 5.10. The average molecular weight is 318 g/mol. The summed E-state index contributed by atoms with van der Waals surface area (Å²) >= 11 is 0. The predicted molar refractivity (Wildman–Crippen MR) is 78.0 cm³/mol. The minimum absolute atomic E-state index is 0.0924. The highest BCUT2D eigenvalue weighted by Gasteiger charge is 2.28. The van der Waals surface area contributed by atoms with Gasteiger partial charge in [-0.1, -0.05) is 6.07 Å². The van der Waals surface area contributed by atoms with Gasteiger partial charge >= 0.3 is 17.8 Å². The number of aliphatic carboxylic acids is 1. The molecular formula is C15H16N3O5+. The number of carbonyl (C=O) groups excluding carboxylic acids is 3. The Kier molecular flexibility index (Phi) is 4.95. The maximum absolute atomic E-state index is 11.6. The molecule has 1 heterocycles. The number of rotatable bonds is 6. The number of carboxylic acids is 1. The van der Waals surface area contributed by atoms with E-state index in [1.165, 1.54) is 11.6 Å². The lowest BCUT2D eigenvalue weighted by atomic mass is 10.1. The highest BCUT2D eigenvalue weighted by atomic mass is 16.4. The van der Waals surface area contributed by atoms with Gasteiger partial charge in [0.1, 0.15) is 12.4 Å². The van der Waals surface area contributed by atoms with Gasteiger partial charge in [-0.15, -0.1) is 0 Å². The van der Waals surface area contributed by atoms with Gasteiger partial charge in [-0.2, -0.15) is 9.57 Å². The Morgan fingerprint density at radius 2 is 2.00 bits per heavy atom. The van der Waals surface area contributed by atoms with Crippen LogP contribution in [0, 0.1) is 0 Å². The monoisotopic (exact) mass is 318 g/mol. The SMILES string of the molecule is C[N+]1=c2ccc(CCC(=O)NCCC(=O)O)cc2=NC(=O)C1=O. The number of likely N-dealkylation sites (N-methyl/N-ethyl adjacent to an activating group) is 1. The van der Waals surface area contributed by atoms with Gasteiger partial charge in [0.2, 0.25) is 11.3 Å². The second-order valence-electron chi connectivity index (χ2n) is 5.10. The smallest absolute Gasteiger partial charge is 0.479 e. The molecule has 23 heavy (non-hydrogen) atoms. The third-order valence-electron chi connectivity index (χ3n) is 3.41. The summed E-state index contributed by atoms with van der Waals surface area (Å²) in [6.45, 7) is 0.0924. The number of fused-ring (bicyclic) bond motifs is 1. The van der Waals surface area contributed by atoms with Gasteiger partial charge < -0.3 is 10.4 Å². The van der Waals surface area contributed by atoms with Crippen LogP contribution in [-0.4, -0.2) is 42.4 Å². The number of hydrogen-bond acceptors (Lipinski definition) is 4. The van der Waals surface area contributed by atoms with Gasteiger partial charge in [0.25, 0.3) is 0 Å². The molecule has 0 fully saturated rings. The molecule has 0 bridgehead atoms. The molecule has 1 aromatic carbocycles. The molecule has 1 aliphatic rings. The van der Waals surface area contributed by atoms with Crippen LogP contribution in [0.3, 0.4) is 0 Å². The van der Waals surface area contributed by atoms with Crippen LogP contribution >= 0.6 is 0 Å². The Morgan fingerprint density at radius 3 is 2.70 bits per heavy atom. The van der Waals surface area contributed by atoms with Gasteiger partial charge in [-0.05, 0) is 18.1 Å². The van der Waals surface area contributed by atoms with Crippen molar-refractivity contribution < 1.29 is 24.3 Å². The number of nitrogens with zero attached hydrogens (tertiary/aromatic N) is 2. The molecule has 1 aromatic rings. The topological polar surface area (TPSA) is 116 Å². The number of carbonyl (C=O) groups is 4. The second kappa shape index (κ2) is 6.91. The minimum Gasteiger partial charge on any atom is -0.481 e. The molecule has 3 amide bonds. The van der Waals surface area contributed by atoms with Crippen LogP contribution < -0.4 is 20.6 Å². The lowest BCUT2D eigenvalue weighted by molar-refractivity contribution is -0.138. The predicted octanol–water partition coefficient (Wildman–Crippen LogP) is -1.98. The van der Waals surface area contributed by atoms with Crippen molar-refractivity contribution in [3.8, 4) is 0 Å². The molecule has 0 aromatic heterocycles. The van der Waals surface area contributed by atoms with Crippen molar-refractivity contribution in [3.05, 3.63) is 34.5 Å². The third kappa shape index (κ3) is 4.06. The summed E-state index contributed by atoms with van der Waals surface area (Å²) in [5.41, 5.74) is 0.802. The first-order valence-electron chi connectivity index (χ1n) is 7.03. The summed E-state index contributed by atoms with van der Waals surface area (Å²) in [5.74, 6) is -2.71. The van der Waals surface area contributed by atoms with Crippen LogP contribution in [0.4, 0.5) is 0 Å². The molecule has 120 valence electrons. The van der Waals surface area contributed by atoms with Gasteiger partial charge in [-0.3, -0.25) is 14.4 Å². The first kappa shape index (κ1) is 16.5. The Labute approximate surface area is 131 Å². The molecule has 8 heteroatoms. The maximum atomic E-state index is 11.6. The Hall–Kier alpha value is -2.90. The molecular weight excluding hydrogens is 302 g/mol. The third-order valence-corrected chi connectivity index (χ3v) is 3.41. The fourth-order valence-corrected chi connectivity index (χ4v) is 2.16. The number of benzene rings is 1. The van der Waals surface area contributed by atoms with Crippen LogP contribution in [-0.2, 0) is 25.6 Å². The Morgan fingerprint density at radius 1 is 1.26 bits per heavy atom. The van der Waals surface area contributed by atoms with E-state index in [0.717, 1.165) is 5.56 Å². The van der Waals surface area contributed by atoms with Crippen LogP contribution in [0.25, 0.3) is 0 Å². The molecule has 2 N–H and O–H groups in total. The Bertz CT molecular complexity index is 813. The zero-order chi connectivity index (χ0) is 17.0. The summed E-state index contributed by atoms with van der Waals surface area (Å²) < 4.78 is 1.24. The summed E-state index contributed by atoms with van der Waals surface area (Å²) in [6.07, 6.45) is 0.501. The van der Waals surface area contributed by atoms with Crippen molar-refractivity contribution in [2.45, 2.75) is 19.3 Å². The van der Waals surface area contributed by atoms with Crippen LogP contribution in [0.15, 0.2) is 23.2 Å². The largest absolute Gasteiger partial charge is 0.481 e. The number of hydrogen-bond donors (Lipinski definition) is 2. The van der Waals surface area contributed by atoms with Crippen molar-refractivity contribution in [3.63, 3.8) is 0 Å². The van der Waals surface area contributed by atoms with Crippen molar-refractivity contribution in [1.29, 1.82) is 0 Å². The van der Waals surface area contributed by atoms with Gasteiger partial charge in [0, 0.05) is 19.0 Å². The lowest BCUT2D eigenvalue weighted by Gasteiger charge is -2.04. The summed E-state index contributed by atoms with van der Waals surface area (Å²) in [4.78, 5) is 48.7. The summed E-state index contributed by atoms with van der Waals surface area (Å²) in [6, 6.07) is 5.11. The van der Waals surface area contributed by atoms with Gasteiger partial charge in [-0.25, -0.2) is 4.79 Å². The highest BCUT2D eigenvalue weighted by Crippen LogP contribution is 1.99. The number of carboxylic acid groups (broad SMARTS) is 1. The highest BCUT2D eigenvalue weighted by molar-refractivity contribution is 6.36. The van der Waals surface area contributed by atoms with Crippen molar-refractivity contribution in [2.24, 2.45) is 4.99 Å². The lowest BCUT2D eigenvalue weighted by Crippen LogP contribution is -2.48. The molecule has 0 spiro atoms. The van der Waals surface area contributed by atoms with E-state index < -0.39 is 17.8 Å². The molecule has 0 aliphatic carbocycles. The van der Waals surface area contributed by atoms with Crippen LogP contribution in [0.5, 0.6) is 0 Å². The molecule has 0 unspecified atom stereocenters. The fraction of sp³-hybridized carbons (Fsp3) is 0.333. The van der Waals surface area contributed by atoms with E-state index in [4.69, 9.17) is 5.11 Å². The fourth-order valence-electron chi connectivity index (χ4n) is 2.16. The van der Waals surface area contributed by atoms with Crippen LogP contribution in [0.2, 0.25) is 0 Å². The minimum atomic E-state index is -0.968. The molecule has 2 rings (SSSR count). The number of nitrogens with one attached hydrogen (secondary N) is 1. The normalized spacial score (nSPS) is 13.3. The van der Waals surface area contributed by atoms with E-state index in [9.17, 15) is 19.2 Å². The molecule has 0 saturated carbocycles. The zero-order valence-electron chi connectivity index (χ0n) is 12.5. The zero-order valence-corrected chi connectivity index (χ0v) is 12.5. The first-order valence-corrected chi connectivity index (χ1v) is 7.03. The van der Waals surface area contributed by atoms with E-state index in [1.807, 2.05) is 0 Å². The first-order chi connectivity index (χ1) is 10.9. The number of amides is 3. The summed E-state index contributed by atoms with van der Waals surface area (Å²) in [7, 11) is 1.50. The molecule has 8 nitrogen and oxygen atoms in total. The molecule has 0 atom stereocenters. The maximum Gasteiger partial charge on any atom is 0.479 e. The summed E-state index contributed by atoms with van der Waals surface area (Å²) in [5, 5.41) is 12.0. The van der Waals surface area contributed by atoms with Gasteiger partial charge in [0.05, 0.1) is 6.42 Å². The van der Waals surface area contributed by atoms with E-state index in [0.29, 0.717) is 17.1 Å². The Balaban J connectivity index is 2.04. The molecule has 0 radical (unpaired) electrons. The van der Waals surface area contributed by atoms with Crippen molar-refractivity contribution in [2.75, 3.05) is 13.6 Å². The van der Waals surface area contributed by atoms with Crippen molar-refractivity contribution >= 4 is 23.7 Å². The molecule has 0 saturated heterocycles. The standard InChI is InChI=1S/C15H15N3O5/c1-18-11-4-2-9(8-10(11)17-14(22)15(18)23)3-5-12(19)16-7-6-13(20)21/h2,4,8H,3,5-7H2,1H3,(H-,16,19,20,21)/p+1. The van der Waals surface area contributed by atoms with E-state index in [1.54, 1.807) is 18.2 Å². The van der Waals surface area contributed by atoms with E-state index >= 15 is 0 Å². The quantitative estimate of drug-likeness (QED) is 0.466. The van der Waals surface area contributed by atoms with E-state index in [2.05, 4.69) is 10.3 Å². The van der Waals surface area contributed by atoms with Crippen LogP contribution in [0.1, 0.15) is 18.4 Å². The average Bonchev–Trinajstić information content (AvgIpc) is 2.50. The number of aryl methyl sites for hydroxylation is 1. The van der Waals surface area contributed by atoms with Crippen molar-refractivity contribution in [1.82, 2.24) is 9.89 Å². The van der Waals surface area contributed by atoms with Gasteiger partial charge in [0.15, 0.2) is 0 Å². The molecule has 1 aliphatic heterocycles. The van der Waals surface area contributed by atoms with E-state index in [-0.39, 0.29) is 25.3 Å².